The molecule has 0 unspecified atom stereocenters. The summed E-state index contributed by atoms with van der Waals surface area (Å²) in [5, 5.41) is 10.5. The van der Waals surface area contributed by atoms with Gasteiger partial charge >= 0.3 is 5.69 Å². The molecule has 2 rings (SSSR count). The Bertz CT molecular complexity index is 607. The maximum atomic E-state index is 10.7. The first-order chi connectivity index (χ1) is 9.61. The van der Waals surface area contributed by atoms with Crippen molar-refractivity contribution in [3.05, 3.63) is 57.4 Å². The van der Waals surface area contributed by atoms with E-state index in [0.29, 0.717) is 19.0 Å². The minimum absolute atomic E-state index is 0.147. The van der Waals surface area contributed by atoms with Gasteiger partial charge in [0, 0.05) is 13.1 Å². The molecule has 0 aliphatic carbocycles. The van der Waals surface area contributed by atoms with Crippen molar-refractivity contribution in [2.45, 2.75) is 13.5 Å². The summed E-state index contributed by atoms with van der Waals surface area (Å²) in [6, 6.07) is 9.84. The number of rotatable bonds is 5. The summed E-state index contributed by atoms with van der Waals surface area (Å²) < 4.78 is 0. The molecule has 0 spiro atoms. The number of halogens is 1. The van der Waals surface area contributed by atoms with Gasteiger partial charge in [0.25, 0.3) is 0 Å². The number of nitrogens with zero attached hydrogens (tertiary/aromatic N) is 4. The van der Waals surface area contributed by atoms with Crippen molar-refractivity contribution < 1.29 is 4.92 Å². The van der Waals surface area contributed by atoms with Crippen molar-refractivity contribution in [2.24, 2.45) is 0 Å². The lowest BCUT2D eigenvalue weighted by molar-refractivity contribution is -0.385. The average Bonchev–Trinajstić information content (AvgIpc) is 2.45. The lowest BCUT2D eigenvalue weighted by Gasteiger charge is -2.20. The van der Waals surface area contributed by atoms with Crippen LogP contribution >= 0.6 is 11.6 Å². The van der Waals surface area contributed by atoms with Crippen molar-refractivity contribution in [3.63, 3.8) is 0 Å². The number of anilines is 1. The zero-order chi connectivity index (χ0) is 14.5. The molecule has 0 aliphatic heterocycles. The van der Waals surface area contributed by atoms with Crippen LogP contribution in [0.1, 0.15) is 12.5 Å². The van der Waals surface area contributed by atoms with Crippen LogP contribution in [0.5, 0.6) is 0 Å². The molecular weight excluding hydrogens is 280 g/mol. The average molecular weight is 293 g/mol. The molecule has 0 amide bonds. The van der Waals surface area contributed by atoms with Crippen molar-refractivity contribution >= 4 is 23.2 Å². The molecule has 7 heteroatoms. The Morgan fingerprint density at radius 1 is 1.35 bits per heavy atom. The van der Waals surface area contributed by atoms with E-state index >= 15 is 0 Å². The first-order valence-electron chi connectivity index (χ1n) is 6.07. The quantitative estimate of drug-likeness (QED) is 0.481. The molecule has 0 saturated carbocycles. The van der Waals surface area contributed by atoms with Gasteiger partial charge in [-0.25, -0.2) is 4.98 Å². The second-order valence-electron chi connectivity index (χ2n) is 4.10. The highest BCUT2D eigenvalue weighted by Gasteiger charge is 2.17. The molecular formula is C13H13ClN4O2. The molecule has 20 heavy (non-hydrogen) atoms. The van der Waals surface area contributed by atoms with Crippen LogP contribution in [0.25, 0.3) is 0 Å². The summed E-state index contributed by atoms with van der Waals surface area (Å²) in [6.07, 6.45) is 1.14. The third kappa shape index (κ3) is 3.21. The van der Waals surface area contributed by atoms with Gasteiger partial charge in [-0.3, -0.25) is 10.1 Å². The number of benzene rings is 1. The molecule has 0 saturated heterocycles. The van der Waals surface area contributed by atoms with E-state index in [0.717, 1.165) is 11.8 Å². The molecule has 0 fully saturated rings. The fourth-order valence-corrected chi connectivity index (χ4v) is 1.94. The largest absolute Gasteiger partial charge is 0.337 e. The smallest absolute Gasteiger partial charge is 0.324 e. The highest BCUT2D eigenvalue weighted by molar-refractivity contribution is 6.31. The Morgan fingerprint density at radius 2 is 2.05 bits per heavy atom. The van der Waals surface area contributed by atoms with Crippen molar-refractivity contribution in [2.75, 3.05) is 11.4 Å². The summed E-state index contributed by atoms with van der Waals surface area (Å²) in [5.41, 5.74) is 0.818. The van der Waals surface area contributed by atoms with Gasteiger partial charge in [-0.05, 0) is 12.5 Å². The standard InChI is InChI=1S/C13H13ClN4O2/c1-2-17(9-10-6-4-3-5-7-10)13-15-8-11(18(19)20)12(14)16-13/h3-8H,2,9H2,1H3. The maximum absolute atomic E-state index is 10.7. The van der Waals surface area contributed by atoms with E-state index in [1.165, 1.54) is 0 Å². The van der Waals surface area contributed by atoms with E-state index in [2.05, 4.69) is 9.97 Å². The Kier molecular flexibility index (Phi) is 4.47. The lowest BCUT2D eigenvalue weighted by Crippen LogP contribution is -2.24. The van der Waals surface area contributed by atoms with E-state index in [-0.39, 0.29) is 10.8 Å². The topological polar surface area (TPSA) is 72.2 Å². The number of nitro groups is 1. The highest BCUT2D eigenvalue weighted by Crippen LogP contribution is 2.23. The van der Waals surface area contributed by atoms with Gasteiger partial charge in [0.2, 0.25) is 11.1 Å². The SMILES string of the molecule is CCN(Cc1ccccc1)c1ncc([N+](=O)[O-])c(Cl)n1. The highest BCUT2D eigenvalue weighted by atomic mass is 35.5. The van der Waals surface area contributed by atoms with Crippen LogP contribution in [0.4, 0.5) is 11.6 Å². The summed E-state index contributed by atoms with van der Waals surface area (Å²) in [5.74, 6) is 0.381. The summed E-state index contributed by atoms with van der Waals surface area (Å²) >= 11 is 5.81. The molecule has 0 atom stereocenters. The number of aromatic nitrogens is 2. The zero-order valence-electron chi connectivity index (χ0n) is 10.9. The second-order valence-corrected chi connectivity index (χ2v) is 4.46. The first-order valence-corrected chi connectivity index (χ1v) is 6.45. The molecule has 2 aromatic rings. The van der Waals surface area contributed by atoms with Crippen molar-refractivity contribution in [1.29, 1.82) is 0 Å². The fraction of sp³-hybridized carbons (Fsp3) is 0.231. The van der Waals surface area contributed by atoms with E-state index in [9.17, 15) is 10.1 Å². The van der Waals surface area contributed by atoms with Crippen molar-refractivity contribution in [1.82, 2.24) is 9.97 Å². The molecule has 1 aromatic carbocycles. The van der Waals surface area contributed by atoms with Crippen molar-refractivity contribution in [3.8, 4) is 0 Å². The fourth-order valence-electron chi connectivity index (χ4n) is 1.75. The minimum Gasteiger partial charge on any atom is -0.337 e. The molecule has 104 valence electrons. The predicted octanol–water partition coefficient (Wildman–Crippen LogP) is 3.06. The molecule has 1 aromatic heterocycles. The van der Waals surface area contributed by atoms with Gasteiger partial charge in [-0.1, -0.05) is 41.9 Å². The van der Waals surface area contributed by atoms with Gasteiger partial charge < -0.3 is 4.90 Å². The summed E-state index contributed by atoms with van der Waals surface area (Å²) in [6.45, 7) is 3.25. The van der Waals surface area contributed by atoms with Gasteiger partial charge in [0.15, 0.2) is 0 Å². The summed E-state index contributed by atoms with van der Waals surface area (Å²) in [4.78, 5) is 20.0. The monoisotopic (exact) mass is 292 g/mol. The van der Waals surface area contributed by atoms with Crippen LogP contribution in [-0.4, -0.2) is 21.4 Å². The zero-order valence-corrected chi connectivity index (χ0v) is 11.6. The minimum atomic E-state index is -0.598. The predicted molar refractivity (Wildman–Crippen MR) is 76.9 cm³/mol. The van der Waals surface area contributed by atoms with Crippen LogP contribution in [0.3, 0.4) is 0 Å². The molecule has 0 aliphatic rings. The van der Waals surface area contributed by atoms with E-state index in [1.54, 1.807) is 0 Å². The molecule has 0 bridgehead atoms. The van der Waals surface area contributed by atoms with Gasteiger partial charge in [-0.15, -0.1) is 0 Å². The Hall–Kier alpha value is -2.21. The Balaban J connectivity index is 2.24. The maximum Gasteiger partial charge on any atom is 0.324 e. The van der Waals surface area contributed by atoms with Crippen LogP contribution in [0.15, 0.2) is 36.5 Å². The van der Waals surface area contributed by atoms with Gasteiger partial charge in [-0.2, -0.15) is 4.98 Å². The number of hydrogen-bond donors (Lipinski definition) is 0. The lowest BCUT2D eigenvalue weighted by atomic mass is 10.2. The summed E-state index contributed by atoms with van der Waals surface area (Å²) in [7, 11) is 0. The van der Waals surface area contributed by atoms with Crippen LogP contribution in [0, 0.1) is 10.1 Å². The first kappa shape index (κ1) is 14.2. The van der Waals surface area contributed by atoms with Crippen LogP contribution in [0.2, 0.25) is 5.15 Å². The second kappa shape index (κ2) is 6.29. The normalized spacial score (nSPS) is 10.3. The molecule has 6 nitrogen and oxygen atoms in total. The van der Waals surface area contributed by atoms with E-state index in [4.69, 9.17) is 11.6 Å². The number of hydrogen-bond acceptors (Lipinski definition) is 5. The molecule has 1 heterocycles. The Morgan fingerprint density at radius 3 is 2.60 bits per heavy atom. The Labute approximate surface area is 121 Å². The van der Waals surface area contributed by atoms with Crippen LogP contribution in [-0.2, 0) is 6.54 Å². The molecule has 0 radical (unpaired) electrons. The third-order valence-electron chi connectivity index (χ3n) is 2.79. The van der Waals surface area contributed by atoms with Gasteiger partial charge in [0.05, 0.1) is 4.92 Å². The van der Waals surface area contributed by atoms with E-state index < -0.39 is 4.92 Å². The van der Waals surface area contributed by atoms with Gasteiger partial charge in [0.1, 0.15) is 6.20 Å². The third-order valence-corrected chi connectivity index (χ3v) is 3.07. The van der Waals surface area contributed by atoms with E-state index in [1.807, 2.05) is 42.2 Å². The molecule has 0 N–H and O–H groups in total. The van der Waals surface area contributed by atoms with Crippen LogP contribution < -0.4 is 4.90 Å².